The molecule has 1 fully saturated rings. The molecule has 2 aromatic carbocycles. The van der Waals surface area contributed by atoms with Crippen LogP contribution in [0.25, 0.3) is 0 Å². The van der Waals surface area contributed by atoms with Crippen LogP contribution < -0.4 is 14.5 Å². The number of carbonyl (C=O) groups excluding carboxylic acids is 2. The van der Waals surface area contributed by atoms with Gasteiger partial charge in [0.05, 0.1) is 11.9 Å². The molecule has 1 aliphatic rings. The summed E-state index contributed by atoms with van der Waals surface area (Å²) in [7, 11) is -3.63. The molecule has 0 bridgehead atoms. The van der Waals surface area contributed by atoms with Crippen LogP contribution in [-0.2, 0) is 26.2 Å². The molecule has 7 nitrogen and oxygen atoms in total. The zero-order valence-electron chi connectivity index (χ0n) is 17.5. The van der Waals surface area contributed by atoms with E-state index in [1.807, 2.05) is 44.2 Å². The maximum absolute atomic E-state index is 12.5. The number of benzene rings is 2. The number of sulfonamides is 1. The van der Waals surface area contributed by atoms with E-state index in [1.54, 1.807) is 17.0 Å². The van der Waals surface area contributed by atoms with E-state index in [9.17, 15) is 18.0 Å². The number of hydrogen-bond acceptors (Lipinski definition) is 4. The molecule has 3 rings (SSSR count). The number of rotatable bonds is 7. The van der Waals surface area contributed by atoms with Gasteiger partial charge in [0, 0.05) is 25.2 Å². The number of nitrogens with zero attached hydrogens (tertiary/aromatic N) is 2. The van der Waals surface area contributed by atoms with Gasteiger partial charge in [-0.05, 0) is 61.2 Å². The average Bonchev–Trinajstić information content (AvgIpc) is 3.09. The van der Waals surface area contributed by atoms with E-state index >= 15 is 0 Å². The van der Waals surface area contributed by atoms with Gasteiger partial charge in [0.1, 0.15) is 6.54 Å². The van der Waals surface area contributed by atoms with Crippen molar-refractivity contribution in [1.29, 1.82) is 0 Å². The van der Waals surface area contributed by atoms with Crippen LogP contribution in [0.4, 0.5) is 11.4 Å². The second-order valence-corrected chi connectivity index (χ2v) is 9.62. The molecule has 1 N–H and O–H groups in total. The Morgan fingerprint density at radius 1 is 1.13 bits per heavy atom. The van der Waals surface area contributed by atoms with E-state index in [2.05, 4.69) is 5.32 Å². The van der Waals surface area contributed by atoms with Crippen LogP contribution in [0, 0.1) is 13.8 Å². The molecule has 0 atom stereocenters. The van der Waals surface area contributed by atoms with E-state index in [1.165, 1.54) is 0 Å². The Balaban J connectivity index is 1.68. The molecule has 2 aromatic rings. The van der Waals surface area contributed by atoms with Crippen molar-refractivity contribution in [3.05, 3.63) is 59.2 Å². The van der Waals surface area contributed by atoms with Crippen LogP contribution in [0.2, 0.25) is 0 Å². The molecular formula is C22H27N3O4S. The Bertz CT molecular complexity index is 1050. The normalized spacial score (nSPS) is 14.1. The third-order valence-electron chi connectivity index (χ3n) is 4.97. The lowest BCUT2D eigenvalue weighted by Gasteiger charge is -2.23. The fourth-order valence-corrected chi connectivity index (χ4v) is 4.48. The highest BCUT2D eigenvalue weighted by atomic mass is 32.2. The maximum Gasteiger partial charge on any atom is 0.241 e. The van der Waals surface area contributed by atoms with Crippen molar-refractivity contribution >= 4 is 33.2 Å². The molecule has 1 heterocycles. The molecule has 0 aliphatic carbocycles. The zero-order chi connectivity index (χ0) is 21.9. The predicted octanol–water partition coefficient (Wildman–Crippen LogP) is 2.51. The van der Waals surface area contributed by atoms with Gasteiger partial charge in [-0.25, -0.2) is 8.42 Å². The minimum absolute atomic E-state index is 0.105. The summed E-state index contributed by atoms with van der Waals surface area (Å²) in [4.78, 5) is 26.2. The van der Waals surface area contributed by atoms with Crippen LogP contribution in [-0.4, -0.2) is 39.6 Å². The number of aryl methyl sites for hydroxylation is 2. The van der Waals surface area contributed by atoms with Crippen molar-refractivity contribution in [2.24, 2.45) is 0 Å². The van der Waals surface area contributed by atoms with E-state index in [0.29, 0.717) is 18.7 Å². The SMILES string of the molecule is Cc1cc(C)cc(N(CC(=O)NCc2cccc(N3CCCC3=O)c2)S(C)(=O)=O)c1. The monoisotopic (exact) mass is 429 g/mol. The first-order valence-corrected chi connectivity index (χ1v) is 11.7. The summed E-state index contributed by atoms with van der Waals surface area (Å²) in [5.41, 5.74) is 3.98. The molecule has 30 heavy (non-hydrogen) atoms. The van der Waals surface area contributed by atoms with Gasteiger partial charge in [0.2, 0.25) is 21.8 Å². The summed E-state index contributed by atoms with van der Waals surface area (Å²) in [5.74, 6) is -0.296. The molecule has 1 saturated heterocycles. The Morgan fingerprint density at radius 2 is 1.83 bits per heavy atom. The lowest BCUT2D eigenvalue weighted by Crippen LogP contribution is -2.40. The van der Waals surface area contributed by atoms with Crippen LogP contribution in [0.3, 0.4) is 0 Å². The largest absolute Gasteiger partial charge is 0.350 e. The molecule has 0 spiro atoms. The predicted molar refractivity (Wildman–Crippen MR) is 118 cm³/mol. The van der Waals surface area contributed by atoms with Crippen molar-refractivity contribution in [2.75, 3.05) is 28.6 Å². The number of amides is 2. The van der Waals surface area contributed by atoms with Gasteiger partial charge in [0.15, 0.2) is 0 Å². The third-order valence-corrected chi connectivity index (χ3v) is 6.11. The summed E-state index contributed by atoms with van der Waals surface area (Å²) in [5, 5.41) is 2.78. The minimum atomic E-state index is -3.63. The smallest absolute Gasteiger partial charge is 0.241 e. The highest BCUT2D eigenvalue weighted by molar-refractivity contribution is 7.92. The Labute approximate surface area is 177 Å². The van der Waals surface area contributed by atoms with Gasteiger partial charge in [-0.15, -0.1) is 0 Å². The van der Waals surface area contributed by atoms with E-state index < -0.39 is 15.9 Å². The van der Waals surface area contributed by atoms with Crippen molar-refractivity contribution in [2.45, 2.75) is 33.2 Å². The lowest BCUT2D eigenvalue weighted by molar-refractivity contribution is -0.120. The molecular weight excluding hydrogens is 402 g/mol. The van der Waals surface area contributed by atoms with Crippen LogP contribution >= 0.6 is 0 Å². The summed E-state index contributed by atoms with van der Waals surface area (Å²) in [6.07, 6.45) is 2.49. The molecule has 0 aromatic heterocycles. The Kier molecular flexibility index (Phi) is 6.45. The average molecular weight is 430 g/mol. The molecule has 1 aliphatic heterocycles. The minimum Gasteiger partial charge on any atom is -0.350 e. The van der Waals surface area contributed by atoms with Gasteiger partial charge >= 0.3 is 0 Å². The summed E-state index contributed by atoms with van der Waals surface area (Å²) in [6, 6.07) is 12.9. The van der Waals surface area contributed by atoms with Crippen molar-refractivity contribution < 1.29 is 18.0 Å². The molecule has 160 valence electrons. The van der Waals surface area contributed by atoms with E-state index in [-0.39, 0.29) is 19.0 Å². The van der Waals surface area contributed by atoms with Gasteiger partial charge in [-0.2, -0.15) is 0 Å². The fraction of sp³-hybridized carbons (Fsp3) is 0.364. The van der Waals surface area contributed by atoms with Gasteiger partial charge < -0.3 is 10.2 Å². The van der Waals surface area contributed by atoms with Crippen LogP contribution in [0.5, 0.6) is 0 Å². The Hall–Kier alpha value is -2.87. The number of nitrogens with one attached hydrogen (secondary N) is 1. The van der Waals surface area contributed by atoms with Gasteiger partial charge in [-0.1, -0.05) is 18.2 Å². The highest BCUT2D eigenvalue weighted by Gasteiger charge is 2.23. The van der Waals surface area contributed by atoms with Crippen LogP contribution in [0.1, 0.15) is 29.5 Å². The quantitative estimate of drug-likeness (QED) is 0.733. The third kappa shape index (κ3) is 5.38. The summed E-state index contributed by atoms with van der Waals surface area (Å²) >= 11 is 0. The first-order chi connectivity index (χ1) is 14.1. The second-order valence-electron chi connectivity index (χ2n) is 7.71. The summed E-state index contributed by atoms with van der Waals surface area (Å²) < 4.78 is 25.7. The molecule has 0 radical (unpaired) electrons. The Morgan fingerprint density at radius 3 is 2.43 bits per heavy atom. The second kappa shape index (κ2) is 8.87. The van der Waals surface area contributed by atoms with Crippen LogP contribution in [0.15, 0.2) is 42.5 Å². The van der Waals surface area contributed by atoms with E-state index in [0.717, 1.165) is 39.4 Å². The molecule has 0 saturated carbocycles. The van der Waals surface area contributed by atoms with Crippen molar-refractivity contribution in [1.82, 2.24) is 5.32 Å². The van der Waals surface area contributed by atoms with Crippen molar-refractivity contribution in [3.8, 4) is 0 Å². The highest BCUT2D eigenvalue weighted by Crippen LogP contribution is 2.23. The summed E-state index contributed by atoms with van der Waals surface area (Å²) in [6.45, 7) is 4.42. The first-order valence-electron chi connectivity index (χ1n) is 9.85. The molecule has 8 heteroatoms. The topological polar surface area (TPSA) is 86.8 Å². The van der Waals surface area contributed by atoms with Gasteiger partial charge in [0.25, 0.3) is 0 Å². The number of hydrogen-bond donors (Lipinski definition) is 1. The first kappa shape index (κ1) is 21.8. The number of anilines is 2. The van der Waals surface area contributed by atoms with Crippen molar-refractivity contribution in [3.63, 3.8) is 0 Å². The standard InChI is InChI=1S/C22H27N3O4S/c1-16-10-17(2)12-20(11-16)25(30(3,28)29)15-21(26)23-14-18-6-4-7-19(13-18)24-9-5-8-22(24)27/h4,6-7,10-13H,5,8-9,14-15H2,1-3H3,(H,23,26). The zero-order valence-corrected chi connectivity index (χ0v) is 18.3. The van der Waals surface area contributed by atoms with E-state index in [4.69, 9.17) is 0 Å². The number of carbonyl (C=O) groups is 2. The molecule has 2 amide bonds. The molecule has 0 unspecified atom stereocenters. The lowest BCUT2D eigenvalue weighted by atomic mass is 10.1. The fourth-order valence-electron chi connectivity index (χ4n) is 3.64. The maximum atomic E-state index is 12.5. The van der Waals surface area contributed by atoms with Gasteiger partial charge in [-0.3, -0.25) is 13.9 Å².